The predicted molar refractivity (Wildman–Crippen MR) is 59.8 cm³/mol. The molecule has 0 aliphatic heterocycles. The molecule has 0 aliphatic carbocycles. The lowest BCUT2D eigenvalue weighted by Crippen LogP contribution is -2.08. The van der Waals surface area contributed by atoms with E-state index in [1.807, 2.05) is 42.5 Å². The van der Waals surface area contributed by atoms with Crippen molar-refractivity contribution in [2.75, 3.05) is 12.0 Å². The lowest BCUT2D eigenvalue weighted by Gasteiger charge is -2.08. The number of ether oxygens (including phenoxy) is 1. The average molecular weight is 200 g/mol. The Labute approximate surface area is 88.7 Å². The summed E-state index contributed by atoms with van der Waals surface area (Å²) >= 11 is 0. The molecule has 15 heavy (non-hydrogen) atoms. The molecular formula is C12H12N2O. The molecule has 0 radical (unpaired) electrons. The van der Waals surface area contributed by atoms with Crippen LogP contribution in [-0.4, -0.2) is 11.7 Å². The van der Waals surface area contributed by atoms with Gasteiger partial charge in [0.15, 0.2) is 6.73 Å². The van der Waals surface area contributed by atoms with Crippen molar-refractivity contribution in [3.8, 4) is 5.75 Å². The highest BCUT2D eigenvalue weighted by atomic mass is 16.5. The molecule has 0 atom stereocenters. The summed E-state index contributed by atoms with van der Waals surface area (Å²) in [6, 6.07) is 13.5. The first-order chi connectivity index (χ1) is 7.45. The highest BCUT2D eigenvalue weighted by Gasteiger charge is 1.91. The first-order valence-electron chi connectivity index (χ1n) is 4.77. The Morgan fingerprint density at radius 2 is 1.73 bits per heavy atom. The second kappa shape index (κ2) is 5.00. The fourth-order valence-corrected chi connectivity index (χ4v) is 1.19. The monoisotopic (exact) mass is 200 g/mol. The van der Waals surface area contributed by atoms with E-state index in [1.165, 1.54) is 0 Å². The molecule has 1 aromatic heterocycles. The van der Waals surface area contributed by atoms with E-state index in [0.717, 1.165) is 11.4 Å². The number of hydrogen-bond acceptors (Lipinski definition) is 3. The van der Waals surface area contributed by atoms with Gasteiger partial charge in [-0.15, -0.1) is 0 Å². The van der Waals surface area contributed by atoms with Crippen LogP contribution in [0.2, 0.25) is 0 Å². The third kappa shape index (κ3) is 2.98. The number of hydrogen-bond donors (Lipinski definition) is 1. The van der Waals surface area contributed by atoms with Crippen LogP contribution in [0.4, 0.5) is 5.69 Å². The molecule has 0 aliphatic rings. The summed E-state index contributed by atoms with van der Waals surface area (Å²) < 4.78 is 5.48. The molecule has 1 N–H and O–H groups in total. The van der Waals surface area contributed by atoms with Gasteiger partial charge in [-0.3, -0.25) is 4.98 Å². The molecule has 1 aromatic carbocycles. The van der Waals surface area contributed by atoms with E-state index in [2.05, 4.69) is 10.3 Å². The van der Waals surface area contributed by atoms with Crippen molar-refractivity contribution in [1.29, 1.82) is 0 Å². The van der Waals surface area contributed by atoms with Crippen LogP contribution in [-0.2, 0) is 0 Å². The largest absolute Gasteiger partial charge is 0.473 e. The SMILES string of the molecule is c1ccc(OCNc2ccncc2)cc1. The zero-order valence-corrected chi connectivity index (χ0v) is 8.26. The number of nitrogens with one attached hydrogen (secondary N) is 1. The summed E-state index contributed by atoms with van der Waals surface area (Å²) in [6.07, 6.45) is 3.48. The third-order valence-electron chi connectivity index (χ3n) is 1.94. The van der Waals surface area contributed by atoms with Crippen molar-refractivity contribution in [2.45, 2.75) is 0 Å². The van der Waals surface area contributed by atoms with Gasteiger partial charge in [-0.05, 0) is 24.3 Å². The number of benzene rings is 1. The molecule has 0 unspecified atom stereocenters. The number of nitrogens with zero attached hydrogens (tertiary/aromatic N) is 1. The molecule has 0 saturated heterocycles. The molecular weight excluding hydrogens is 188 g/mol. The van der Waals surface area contributed by atoms with Crippen LogP contribution in [0.15, 0.2) is 54.9 Å². The molecule has 0 fully saturated rings. The van der Waals surface area contributed by atoms with Crippen LogP contribution < -0.4 is 10.1 Å². The summed E-state index contributed by atoms with van der Waals surface area (Å²) in [6.45, 7) is 0.452. The first kappa shape index (κ1) is 9.52. The Bertz CT molecular complexity index is 349. The highest BCUT2D eigenvalue weighted by Crippen LogP contribution is 2.09. The van der Waals surface area contributed by atoms with Gasteiger partial charge in [-0.2, -0.15) is 0 Å². The van der Waals surface area contributed by atoms with E-state index < -0.39 is 0 Å². The van der Waals surface area contributed by atoms with E-state index >= 15 is 0 Å². The van der Waals surface area contributed by atoms with Gasteiger partial charge in [0, 0.05) is 18.1 Å². The van der Waals surface area contributed by atoms with Crippen LogP contribution in [0.3, 0.4) is 0 Å². The van der Waals surface area contributed by atoms with Crippen LogP contribution >= 0.6 is 0 Å². The normalized spacial score (nSPS) is 9.60. The summed E-state index contributed by atoms with van der Waals surface area (Å²) in [7, 11) is 0. The third-order valence-corrected chi connectivity index (χ3v) is 1.94. The molecule has 0 spiro atoms. The molecule has 2 aromatic rings. The van der Waals surface area contributed by atoms with E-state index in [-0.39, 0.29) is 0 Å². The van der Waals surface area contributed by atoms with Crippen LogP contribution in [0.5, 0.6) is 5.75 Å². The summed E-state index contributed by atoms with van der Waals surface area (Å²) in [5.74, 6) is 0.860. The minimum Gasteiger partial charge on any atom is -0.473 e. The zero-order chi connectivity index (χ0) is 10.3. The van der Waals surface area contributed by atoms with Gasteiger partial charge in [0.05, 0.1) is 0 Å². The Morgan fingerprint density at radius 3 is 2.47 bits per heavy atom. The summed E-state index contributed by atoms with van der Waals surface area (Å²) in [5.41, 5.74) is 1.00. The van der Waals surface area contributed by atoms with Gasteiger partial charge < -0.3 is 10.1 Å². The molecule has 0 saturated carbocycles. The molecule has 3 nitrogen and oxygen atoms in total. The lowest BCUT2D eigenvalue weighted by atomic mass is 10.3. The minimum absolute atomic E-state index is 0.452. The zero-order valence-electron chi connectivity index (χ0n) is 8.26. The van der Waals surface area contributed by atoms with Gasteiger partial charge in [-0.25, -0.2) is 0 Å². The Morgan fingerprint density at radius 1 is 1.00 bits per heavy atom. The van der Waals surface area contributed by atoms with Gasteiger partial charge in [0.25, 0.3) is 0 Å². The van der Waals surface area contributed by atoms with Gasteiger partial charge in [0.2, 0.25) is 0 Å². The Hall–Kier alpha value is -2.03. The summed E-state index contributed by atoms with van der Waals surface area (Å²) in [5, 5.41) is 3.13. The van der Waals surface area contributed by atoms with Crippen molar-refractivity contribution in [1.82, 2.24) is 4.98 Å². The van der Waals surface area contributed by atoms with Crippen molar-refractivity contribution in [3.05, 3.63) is 54.9 Å². The predicted octanol–water partition coefficient (Wildman–Crippen LogP) is 2.53. The molecule has 0 bridgehead atoms. The molecule has 0 amide bonds. The van der Waals surface area contributed by atoms with Gasteiger partial charge in [-0.1, -0.05) is 18.2 Å². The average Bonchev–Trinajstić information content (AvgIpc) is 2.32. The van der Waals surface area contributed by atoms with Crippen LogP contribution in [0.1, 0.15) is 0 Å². The number of aromatic nitrogens is 1. The van der Waals surface area contributed by atoms with Crippen molar-refractivity contribution in [2.24, 2.45) is 0 Å². The smallest absolute Gasteiger partial charge is 0.159 e. The molecule has 1 heterocycles. The van der Waals surface area contributed by atoms with Crippen molar-refractivity contribution >= 4 is 5.69 Å². The van der Waals surface area contributed by atoms with E-state index in [1.54, 1.807) is 12.4 Å². The quantitative estimate of drug-likeness (QED) is 0.770. The minimum atomic E-state index is 0.452. The fraction of sp³-hybridized carbons (Fsp3) is 0.0833. The number of anilines is 1. The number of pyridine rings is 1. The van der Waals surface area contributed by atoms with Crippen LogP contribution in [0.25, 0.3) is 0 Å². The lowest BCUT2D eigenvalue weighted by molar-refractivity contribution is 0.347. The topological polar surface area (TPSA) is 34.1 Å². The van der Waals surface area contributed by atoms with Gasteiger partial charge >= 0.3 is 0 Å². The molecule has 3 heteroatoms. The standard InChI is InChI=1S/C12H12N2O/c1-2-4-12(5-3-1)15-10-14-11-6-8-13-9-7-11/h1-9H,10H2,(H,13,14). The maximum atomic E-state index is 5.48. The Balaban J connectivity index is 1.81. The number of para-hydroxylation sites is 1. The van der Waals surface area contributed by atoms with Crippen molar-refractivity contribution < 1.29 is 4.74 Å². The van der Waals surface area contributed by atoms with Crippen LogP contribution in [0, 0.1) is 0 Å². The van der Waals surface area contributed by atoms with Crippen molar-refractivity contribution in [3.63, 3.8) is 0 Å². The summed E-state index contributed by atoms with van der Waals surface area (Å²) in [4.78, 5) is 3.93. The second-order valence-corrected chi connectivity index (χ2v) is 3.01. The first-order valence-corrected chi connectivity index (χ1v) is 4.77. The second-order valence-electron chi connectivity index (χ2n) is 3.01. The number of rotatable bonds is 4. The van der Waals surface area contributed by atoms with E-state index in [0.29, 0.717) is 6.73 Å². The molecule has 76 valence electrons. The maximum Gasteiger partial charge on any atom is 0.159 e. The maximum absolute atomic E-state index is 5.48. The highest BCUT2D eigenvalue weighted by molar-refractivity contribution is 5.40. The fourth-order valence-electron chi connectivity index (χ4n) is 1.19. The Kier molecular flexibility index (Phi) is 3.18. The van der Waals surface area contributed by atoms with Gasteiger partial charge in [0.1, 0.15) is 5.75 Å². The molecule has 2 rings (SSSR count). The van der Waals surface area contributed by atoms with E-state index in [9.17, 15) is 0 Å². The van der Waals surface area contributed by atoms with E-state index in [4.69, 9.17) is 4.74 Å².